The van der Waals surface area contributed by atoms with Gasteiger partial charge in [0.2, 0.25) is 5.91 Å². The molecule has 3 heterocycles. The lowest BCUT2D eigenvalue weighted by molar-refractivity contribution is -0.131. The van der Waals surface area contributed by atoms with Crippen molar-refractivity contribution in [1.82, 2.24) is 14.9 Å². The number of carbonyl (C=O) groups excluding carboxylic acids is 1. The molecule has 4 nitrogen and oxygen atoms in total. The van der Waals surface area contributed by atoms with E-state index in [-0.39, 0.29) is 5.91 Å². The van der Waals surface area contributed by atoms with Crippen LogP contribution in [0.4, 0.5) is 0 Å². The molecule has 2 aromatic rings. The van der Waals surface area contributed by atoms with Gasteiger partial charge in [-0.2, -0.15) is 0 Å². The number of rotatable bonds is 3. The molecule has 0 saturated carbocycles. The fraction of sp³-hybridized carbons (Fsp3) is 0.400. The zero-order valence-corrected chi connectivity index (χ0v) is 12.1. The van der Waals surface area contributed by atoms with Gasteiger partial charge in [0.15, 0.2) is 0 Å². The Morgan fingerprint density at radius 1 is 1.45 bits per heavy atom. The summed E-state index contributed by atoms with van der Waals surface area (Å²) < 4.78 is 0. The van der Waals surface area contributed by atoms with E-state index < -0.39 is 0 Å². The van der Waals surface area contributed by atoms with Crippen LogP contribution in [-0.2, 0) is 11.2 Å². The van der Waals surface area contributed by atoms with Gasteiger partial charge in [-0.05, 0) is 24.3 Å². The first-order valence-electron chi connectivity index (χ1n) is 6.89. The molecule has 104 valence electrons. The largest absolute Gasteiger partial charge is 0.342 e. The average molecular weight is 287 g/mol. The van der Waals surface area contributed by atoms with Crippen LogP contribution in [0.2, 0.25) is 0 Å². The Morgan fingerprint density at radius 2 is 2.40 bits per heavy atom. The van der Waals surface area contributed by atoms with Crippen molar-refractivity contribution in [3.05, 3.63) is 46.7 Å². The Hall–Kier alpha value is -1.75. The SMILES string of the molecule is O=C(Cc1cccs1)N1CCC[C@H](c2cnccn2)C1. The third-order valence-corrected chi connectivity index (χ3v) is 4.56. The Balaban J connectivity index is 1.64. The van der Waals surface area contributed by atoms with E-state index in [1.807, 2.05) is 28.6 Å². The first-order chi connectivity index (χ1) is 9.83. The summed E-state index contributed by atoms with van der Waals surface area (Å²) in [5, 5.41) is 2.02. The molecule has 5 heteroatoms. The molecule has 0 bridgehead atoms. The van der Waals surface area contributed by atoms with Gasteiger partial charge in [-0.25, -0.2) is 0 Å². The number of piperidine rings is 1. The maximum Gasteiger partial charge on any atom is 0.227 e. The normalized spacial score (nSPS) is 19.0. The van der Waals surface area contributed by atoms with Crippen LogP contribution in [0.25, 0.3) is 0 Å². The summed E-state index contributed by atoms with van der Waals surface area (Å²) in [5.74, 6) is 0.547. The first kappa shape index (κ1) is 13.2. The average Bonchev–Trinajstić information content (AvgIpc) is 3.01. The van der Waals surface area contributed by atoms with Gasteiger partial charge in [-0.15, -0.1) is 11.3 Å². The van der Waals surface area contributed by atoms with Crippen molar-refractivity contribution in [2.75, 3.05) is 13.1 Å². The molecular formula is C15H17N3OS. The summed E-state index contributed by atoms with van der Waals surface area (Å²) in [6, 6.07) is 4.01. The molecule has 1 fully saturated rings. The molecule has 0 unspecified atom stereocenters. The van der Waals surface area contributed by atoms with Gasteiger partial charge in [0.1, 0.15) is 0 Å². The molecule has 3 rings (SSSR count). The van der Waals surface area contributed by atoms with Gasteiger partial charge >= 0.3 is 0 Å². The van der Waals surface area contributed by atoms with Crippen molar-refractivity contribution in [1.29, 1.82) is 0 Å². The lowest BCUT2D eigenvalue weighted by atomic mass is 9.95. The quantitative estimate of drug-likeness (QED) is 0.871. The molecule has 1 aliphatic heterocycles. The zero-order valence-electron chi connectivity index (χ0n) is 11.2. The minimum absolute atomic E-state index is 0.223. The van der Waals surface area contributed by atoms with Crippen LogP contribution in [0.1, 0.15) is 29.3 Å². The summed E-state index contributed by atoms with van der Waals surface area (Å²) in [4.78, 5) is 23.9. The predicted octanol–water partition coefficient (Wildman–Crippen LogP) is 2.49. The molecule has 0 aliphatic carbocycles. The van der Waals surface area contributed by atoms with Crippen LogP contribution in [0.15, 0.2) is 36.1 Å². The summed E-state index contributed by atoms with van der Waals surface area (Å²) in [5.41, 5.74) is 1.00. The molecule has 1 atom stereocenters. The molecule has 1 amide bonds. The number of aromatic nitrogens is 2. The highest BCUT2D eigenvalue weighted by molar-refractivity contribution is 7.10. The van der Waals surface area contributed by atoms with E-state index in [1.54, 1.807) is 23.7 Å². The summed E-state index contributed by atoms with van der Waals surface area (Å²) in [7, 11) is 0. The van der Waals surface area contributed by atoms with Gasteiger partial charge in [0.05, 0.1) is 12.1 Å². The molecule has 0 aromatic carbocycles. The number of nitrogens with zero attached hydrogens (tertiary/aromatic N) is 3. The van der Waals surface area contributed by atoms with Crippen molar-refractivity contribution in [2.24, 2.45) is 0 Å². The second-order valence-corrected chi connectivity index (χ2v) is 6.10. The van der Waals surface area contributed by atoms with Crippen LogP contribution < -0.4 is 0 Å². The Labute approximate surface area is 122 Å². The van der Waals surface area contributed by atoms with Crippen LogP contribution in [0.3, 0.4) is 0 Å². The Kier molecular flexibility index (Phi) is 4.06. The topological polar surface area (TPSA) is 46.1 Å². The second-order valence-electron chi connectivity index (χ2n) is 5.07. The van der Waals surface area contributed by atoms with Crippen molar-refractivity contribution < 1.29 is 4.79 Å². The third kappa shape index (κ3) is 3.04. The minimum atomic E-state index is 0.223. The van der Waals surface area contributed by atoms with Crippen molar-refractivity contribution in [3.8, 4) is 0 Å². The molecule has 2 aromatic heterocycles. The number of hydrogen-bond donors (Lipinski definition) is 0. The molecule has 1 saturated heterocycles. The van der Waals surface area contributed by atoms with Crippen molar-refractivity contribution >= 4 is 17.2 Å². The fourth-order valence-electron chi connectivity index (χ4n) is 2.64. The monoisotopic (exact) mass is 287 g/mol. The highest BCUT2D eigenvalue weighted by atomic mass is 32.1. The zero-order chi connectivity index (χ0) is 13.8. The van der Waals surface area contributed by atoms with Crippen LogP contribution in [0, 0.1) is 0 Å². The second kappa shape index (κ2) is 6.13. The Bertz CT molecular complexity index is 556. The third-order valence-electron chi connectivity index (χ3n) is 3.68. The van der Waals surface area contributed by atoms with Crippen LogP contribution in [-0.4, -0.2) is 33.9 Å². The van der Waals surface area contributed by atoms with Gasteiger partial charge in [0.25, 0.3) is 0 Å². The number of carbonyl (C=O) groups is 1. The molecule has 0 N–H and O–H groups in total. The van der Waals surface area contributed by atoms with E-state index in [0.29, 0.717) is 12.3 Å². The fourth-order valence-corrected chi connectivity index (χ4v) is 3.34. The van der Waals surface area contributed by atoms with Crippen molar-refractivity contribution in [3.63, 3.8) is 0 Å². The first-order valence-corrected chi connectivity index (χ1v) is 7.77. The summed E-state index contributed by atoms with van der Waals surface area (Å²) >= 11 is 1.64. The van der Waals surface area contributed by atoms with Gasteiger partial charge in [0, 0.05) is 42.5 Å². The molecular weight excluding hydrogens is 270 g/mol. The summed E-state index contributed by atoms with van der Waals surface area (Å²) in [6.45, 7) is 1.63. The van der Waals surface area contributed by atoms with Gasteiger partial charge in [-0.3, -0.25) is 14.8 Å². The van der Waals surface area contributed by atoms with E-state index in [1.165, 1.54) is 0 Å². The lowest BCUT2D eigenvalue weighted by Gasteiger charge is -2.32. The van der Waals surface area contributed by atoms with Gasteiger partial charge in [-0.1, -0.05) is 6.07 Å². The van der Waals surface area contributed by atoms with Gasteiger partial charge < -0.3 is 4.90 Å². The van der Waals surface area contributed by atoms with Crippen LogP contribution in [0.5, 0.6) is 0 Å². The number of amides is 1. The predicted molar refractivity (Wildman–Crippen MR) is 78.6 cm³/mol. The van der Waals surface area contributed by atoms with E-state index in [0.717, 1.165) is 36.5 Å². The van der Waals surface area contributed by atoms with E-state index in [9.17, 15) is 4.79 Å². The summed E-state index contributed by atoms with van der Waals surface area (Å²) in [6.07, 6.45) is 7.87. The number of thiophene rings is 1. The standard InChI is InChI=1S/C15H17N3OS/c19-15(9-13-4-2-8-20-13)18-7-1-3-12(11-18)14-10-16-5-6-17-14/h2,4-6,8,10,12H,1,3,7,9,11H2/t12-/m0/s1. The lowest BCUT2D eigenvalue weighted by Crippen LogP contribution is -2.40. The number of likely N-dealkylation sites (tertiary alicyclic amines) is 1. The van der Waals surface area contributed by atoms with Crippen molar-refractivity contribution in [2.45, 2.75) is 25.2 Å². The highest BCUT2D eigenvalue weighted by Crippen LogP contribution is 2.25. The van der Waals surface area contributed by atoms with E-state index in [2.05, 4.69) is 9.97 Å². The smallest absolute Gasteiger partial charge is 0.227 e. The Morgan fingerprint density at radius 3 is 3.15 bits per heavy atom. The molecule has 0 radical (unpaired) electrons. The van der Waals surface area contributed by atoms with Crippen LogP contribution >= 0.6 is 11.3 Å². The molecule has 1 aliphatic rings. The highest BCUT2D eigenvalue weighted by Gasteiger charge is 2.25. The van der Waals surface area contributed by atoms with E-state index >= 15 is 0 Å². The maximum absolute atomic E-state index is 12.3. The molecule has 0 spiro atoms. The number of hydrogen-bond acceptors (Lipinski definition) is 4. The van der Waals surface area contributed by atoms with E-state index in [4.69, 9.17) is 0 Å². The molecule has 20 heavy (non-hydrogen) atoms. The maximum atomic E-state index is 12.3. The minimum Gasteiger partial charge on any atom is -0.342 e.